The van der Waals surface area contributed by atoms with Crippen molar-refractivity contribution >= 4 is 29.3 Å². The molecule has 2 aromatic heterocycles. The highest BCUT2D eigenvalue weighted by Gasteiger charge is 2.24. The molecule has 29 heavy (non-hydrogen) atoms. The minimum atomic E-state index is -0.181. The van der Waals surface area contributed by atoms with Gasteiger partial charge in [0, 0.05) is 23.8 Å². The largest absolute Gasteiger partial charge is 0.461 e. The number of aromatic nitrogens is 3. The van der Waals surface area contributed by atoms with Crippen molar-refractivity contribution < 1.29 is 14.0 Å². The van der Waals surface area contributed by atoms with Gasteiger partial charge in [-0.3, -0.25) is 14.2 Å². The topological polar surface area (TPSA) is 102 Å². The maximum atomic E-state index is 12.4. The van der Waals surface area contributed by atoms with Crippen molar-refractivity contribution in [3.8, 4) is 11.6 Å². The third kappa shape index (κ3) is 4.68. The number of carbonyl (C=O) groups excluding carboxylic acids is 2. The second-order valence-corrected chi connectivity index (χ2v) is 7.64. The fraction of sp³-hybridized carbons (Fsp3) is 0.300. The standard InChI is InChI=1S/C20H21N5O3S/c1-2-25-18(16-7-4-10-28-16)23-24-20(25)29-12-17(26)21-15-6-3-5-13(11-15)19(27)22-14-8-9-14/h3-7,10-11,14H,2,8-9,12H2,1H3,(H,21,26)(H,22,27). The molecule has 3 aromatic rings. The summed E-state index contributed by atoms with van der Waals surface area (Å²) in [5, 5.41) is 14.8. The molecule has 150 valence electrons. The minimum absolute atomic E-state index is 0.112. The Morgan fingerprint density at radius 2 is 2.10 bits per heavy atom. The monoisotopic (exact) mass is 411 g/mol. The van der Waals surface area contributed by atoms with E-state index in [0.29, 0.717) is 40.6 Å². The second-order valence-electron chi connectivity index (χ2n) is 6.69. The van der Waals surface area contributed by atoms with Crippen LogP contribution in [-0.4, -0.2) is 38.4 Å². The Balaban J connectivity index is 1.36. The van der Waals surface area contributed by atoms with Crippen LogP contribution in [0.4, 0.5) is 5.69 Å². The molecule has 8 nitrogen and oxygen atoms in total. The summed E-state index contributed by atoms with van der Waals surface area (Å²) in [7, 11) is 0. The van der Waals surface area contributed by atoms with Gasteiger partial charge in [-0.05, 0) is 50.1 Å². The zero-order valence-electron chi connectivity index (χ0n) is 15.9. The summed E-state index contributed by atoms with van der Waals surface area (Å²) in [6.07, 6.45) is 3.65. The molecule has 0 saturated heterocycles. The van der Waals surface area contributed by atoms with Crippen LogP contribution in [0.25, 0.3) is 11.6 Å². The fourth-order valence-corrected chi connectivity index (χ4v) is 3.63. The fourth-order valence-electron chi connectivity index (χ4n) is 2.83. The predicted molar refractivity (Wildman–Crippen MR) is 110 cm³/mol. The number of amides is 2. The lowest BCUT2D eigenvalue weighted by atomic mass is 10.2. The van der Waals surface area contributed by atoms with Gasteiger partial charge in [0.1, 0.15) is 0 Å². The van der Waals surface area contributed by atoms with Crippen molar-refractivity contribution in [2.24, 2.45) is 0 Å². The molecule has 2 amide bonds. The predicted octanol–water partition coefficient (Wildman–Crippen LogP) is 3.18. The van der Waals surface area contributed by atoms with Crippen LogP contribution in [0.3, 0.4) is 0 Å². The first-order valence-corrected chi connectivity index (χ1v) is 10.4. The zero-order valence-corrected chi connectivity index (χ0v) is 16.7. The molecule has 1 aliphatic carbocycles. The molecule has 1 fully saturated rings. The van der Waals surface area contributed by atoms with Gasteiger partial charge in [0.25, 0.3) is 5.91 Å². The van der Waals surface area contributed by atoms with Crippen LogP contribution >= 0.6 is 11.8 Å². The van der Waals surface area contributed by atoms with Crippen LogP contribution in [0.5, 0.6) is 0 Å². The van der Waals surface area contributed by atoms with Crippen molar-refractivity contribution in [1.29, 1.82) is 0 Å². The number of nitrogens with zero attached hydrogens (tertiary/aromatic N) is 3. The Morgan fingerprint density at radius 3 is 2.83 bits per heavy atom. The molecule has 0 radical (unpaired) electrons. The molecular weight excluding hydrogens is 390 g/mol. The third-order valence-electron chi connectivity index (χ3n) is 4.43. The van der Waals surface area contributed by atoms with Gasteiger partial charge in [0.05, 0.1) is 12.0 Å². The van der Waals surface area contributed by atoms with E-state index in [-0.39, 0.29) is 17.6 Å². The van der Waals surface area contributed by atoms with Gasteiger partial charge in [0.2, 0.25) is 5.91 Å². The van der Waals surface area contributed by atoms with Crippen LogP contribution in [0.2, 0.25) is 0 Å². The van der Waals surface area contributed by atoms with Crippen LogP contribution in [0.15, 0.2) is 52.2 Å². The average Bonchev–Trinajstić information content (AvgIpc) is 3.20. The van der Waals surface area contributed by atoms with Crippen molar-refractivity contribution in [1.82, 2.24) is 20.1 Å². The lowest BCUT2D eigenvalue weighted by Crippen LogP contribution is -2.25. The van der Waals surface area contributed by atoms with Crippen LogP contribution < -0.4 is 10.6 Å². The number of nitrogens with one attached hydrogen (secondary N) is 2. The summed E-state index contributed by atoms with van der Waals surface area (Å²) in [6, 6.07) is 10.9. The molecule has 2 heterocycles. The maximum absolute atomic E-state index is 12.4. The van der Waals surface area contributed by atoms with Crippen LogP contribution in [0.1, 0.15) is 30.1 Å². The van der Waals surface area contributed by atoms with E-state index in [1.807, 2.05) is 17.6 Å². The van der Waals surface area contributed by atoms with E-state index in [1.54, 1.807) is 36.6 Å². The Hall–Kier alpha value is -3.07. The molecule has 0 atom stereocenters. The summed E-state index contributed by atoms with van der Waals surface area (Å²) in [5.41, 5.74) is 1.13. The average molecular weight is 411 g/mol. The number of benzene rings is 1. The second kappa shape index (κ2) is 8.52. The van der Waals surface area contributed by atoms with Crippen molar-refractivity contribution in [2.45, 2.75) is 37.5 Å². The molecule has 1 saturated carbocycles. The first kappa shape index (κ1) is 19.3. The van der Waals surface area contributed by atoms with E-state index in [9.17, 15) is 9.59 Å². The highest BCUT2D eigenvalue weighted by molar-refractivity contribution is 7.99. The summed E-state index contributed by atoms with van der Waals surface area (Å²) < 4.78 is 7.30. The molecule has 0 bridgehead atoms. The Bertz CT molecular complexity index is 1010. The minimum Gasteiger partial charge on any atom is -0.461 e. The molecule has 1 aromatic carbocycles. The number of furan rings is 1. The number of rotatable bonds is 8. The summed E-state index contributed by atoms with van der Waals surface area (Å²) >= 11 is 1.30. The molecular formula is C20H21N5O3S. The SMILES string of the molecule is CCn1c(SCC(=O)Nc2cccc(C(=O)NC3CC3)c2)nnc1-c1ccco1. The highest BCUT2D eigenvalue weighted by Crippen LogP contribution is 2.24. The smallest absolute Gasteiger partial charge is 0.251 e. The highest BCUT2D eigenvalue weighted by atomic mass is 32.2. The number of hydrogen-bond acceptors (Lipinski definition) is 6. The molecule has 1 aliphatic rings. The van der Waals surface area contributed by atoms with Crippen LogP contribution in [0, 0.1) is 0 Å². The Labute approximate surface area is 172 Å². The number of carbonyl (C=O) groups is 2. The lowest BCUT2D eigenvalue weighted by Gasteiger charge is -2.08. The zero-order chi connectivity index (χ0) is 20.2. The lowest BCUT2D eigenvalue weighted by molar-refractivity contribution is -0.113. The van der Waals surface area contributed by atoms with Gasteiger partial charge in [-0.15, -0.1) is 10.2 Å². The molecule has 0 spiro atoms. The summed E-state index contributed by atoms with van der Waals surface area (Å²) in [6.45, 7) is 2.64. The number of hydrogen-bond donors (Lipinski definition) is 2. The van der Waals surface area contributed by atoms with E-state index in [1.165, 1.54) is 11.8 Å². The third-order valence-corrected chi connectivity index (χ3v) is 5.39. The first-order valence-electron chi connectivity index (χ1n) is 9.44. The Kier molecular flexibility index (Phi) is 5.66. The van der Waals surface area contributed by atoms with Gasteiger partial charge < -0.3 is 15.1 Å². The molecule has 9 heteroatoms. The molecule has 4 rings (SSSR count). The maximum Gasteiger partial charge on any atom is 0.251 e. The van der Waals surface area contributed by atoms with Crippen molar-refractivity contribution in [3.05, 3.63) is 48.2 Å². The summed E-state index contributed by atoms with van der Waals surface area (Å²) in [5.74, 6) is 1.15. The van der Waals surface area contributed by atoms with Gasteiger partial charge in [-0.25, -0.2) is 0 Å². The normalized spacial score (nSPS) is 13.3. The van der Waals surface area contributed by atoms with Crippen molar-refractivity contribution in [3.63, 3.8) is 0 Å². The van der Waals surface area contributed by atoms with E-state index < -0.39 is 0 Å². The van der Waals surface area contributed by atoms with E-state index >= 15 is 0 Å². The molecule has 2 N–H and O–H groups in total. The van der Waals surface area contributed by atoms with E-state index in [2.05, 4.69) is 20.8 Å². The van der Waals surface area contributed by atoms with Gasteiger partial charge in [0.15, 0.2) is 16.7 Å². The van der Waals surface area contributed by atoms with Gasteiger partial charge in [-0.2, -0.15) is 0 Å². The van der Waals surface area contributed by atoms with Crippen molar-refractivity contribution in [2.75, 3.05) is 11.1 Å². The Morgan fingerprint density at radius 1 is 1.24 bits per heavy atom. The van der Waals surface area contributed by atoms with Gasteiger partial charge >= 0.3 is 0 Å². The quantitative estimate of drug-likeness (QED) is 0.552. The summed E-state index contributed by atoms with van der Waals surface area (Å²) in [4.78, 5) is 24.5. The molecule has 0 unspecified atom stereocenters. The van der Waals surface area contributed by atoms with Crippen LogP contribution in [-0.2, 0) is 11.3 Å². The number of thioether (sulfide) groups is 1. The first-order chi connectivity index (χ1) is 14.1. The van der Waals surface area contributed by atoms with Gasteiger partial charge in [-0.1, -0.05) is 17.8 Å². The van der Waals surface area contributed by atoms with E-state index in [4.69, 9.17) is 4.42 Å². The number of anilines is 1. The van der Waals surface area contributed by atoms with E-state index in [0.717, 1.165) is 12.8 Å². The molecule has 0 aliphatic heterocycles.